The zero-order valence-corrected chi connectivity index (χ0v) is 13.7. The van der Waals surface area contributed by atoms with Gasteiger partial charge >= 0.3 is 18.4 Å². The van der Waals surface area contributed by atoms with Gasteiger partial charge < -0.3 is 15.0 Å². The molecule has 27 heavy (non-hydrogen) atoms. The molecule has 0 radical (unpaired) electrons. The summed E-state index contributed by atoms with van der Waals surface area (Å²) in [4.78, 5) is 8.37. The van der Waals surface area contributed by atoms with Crippen LogP contribution >= 0.6 is 0 Å². The van der Waals surface area contributed by atoms with Gasteiger partial charge in [-0.3, -0.25) is 0 Å². The van der Waals surface area contributed by atoms with Gasteiger partial charge in [0.25, 0.3) is 0 Å². The highest BCUT2D eigenvalue weighted by atomic mass is 19.4. The van der Waals surface area contributed by atoms with Gasteiger partial charge in [-0.2, -0.15) is 31.3 Å². The maximum atomic E-state index is 13.4. The van der Waals surface area contributed by atoms with Gasteiger partial charge in [0.2, 0.25) is 0 Å². The van der Waals surface area contributed by atoms with Gasteiger partial charge in [0.05, 0.1) is 0 Å². The Kier molecular flexibility index (Phi) is 5.13. The summed E-state index contributed by atoms with van der Waals surface area (Å²) in [5, 5.41) is 3.09. The minimum Gasteiger partial charge on any atom is -0.424 e. The van der Waals surface area contributed by atoms with Crippen LogP contribution in [0.1, 0.15) is 11.3 Å². The number of piperazine rings is 1. The van der Waals surface area contributed by atoms with E-state index in [0.29, 0.717) is 37.9 Å². The Hall–Kier alpha value is -2.56. The second kappa shape index (κ2) is 7.22. The first-order valence-electron chi connectivity index (χ1n) is 7.89. The first kappa shape index (κ1) is 19.2. The molecule has 1 aliphatic rings. The lowest BCUT2D eigenvalue weighted by molar-refractivity contribution is -0.142. The van der Waals surface area contributed by atoms with Crippen LogP contribution in [0.25, 0.3) is 0 Å². The second-order valence-electron chi connectivity index (χ2n) is 5.74. The first-order valence-corrected chi connectivity index (χ1v) is 7.89. The van der Waals surface area contributed by atoms with Crippen molar-refractivity contribution in [2.75, 3.05) is 31.1 Å². The Morgan fingerprint density at radius 1 is 0.963 bits per heavy atom. The Morgan fingerprint density at radius 2 is 1.67 bits per heavy atom. The molecule has 0 spiro atoms. The SMILES string of the molecule is FC(F)(F)c1ccnc(Oc2ccc(N3CCNCC3)cc2C(F)(F)F)n1. The van der Waals surface area contributed by atoms with Crippen LogP contribution in [0.3, 0.4) is 0 Å². The summed E-state index contributed by atoms with van der Waals surface area (Å²) in [6.45, 7) is 2.35. The molecule has 1 fully saturated rings. The highest BCUT2D eigenvalue weighted by Crippen LogP contribution is 2.40. The third-order valence-corrected chi connectivity index (χ3v) is 3.88. The van der Waals surface area contributed by atoms with E-state index in [2.05, 4.69) is 15.3 Å². The molecule has 0 saturated carbocycles. The maximum Gasteiger partial charge on any atom is 0.433 e. The van der Waals surface area contributed by atoms with Crippen molar-refractivity contribution < 1.29 is 31.1 Å². The lowest BCUT2D eigenvalue weighted by Crippen LogP contribution is -2.43. The summed E-state index contributed by atoms with van der Waals surface area (Å²) >= 11 is 0. The van der Waals surface area contributed by atoms with Gasteiger partial charge in [-0.05, 0) is 24.3 Å². The van der Waals surface area contributed by atoms with Crippen molar-refractivity contribution in [1.29, 1.82) is 0 Å². The van der Waals surface area contributed by atoms with Crippen molar-refractivity contribution in [3.63, 3.8) is 0 Å². The molecule has 1 aromatic heterocycles. The van der Waals surface area contributed by atoms with Gasteiger partial charge in [-0.15, -0.1) is 0 Å². The van der Waals surface area contributed by atoms with E-state index in [1.807, 2.05) is 0 Å². The zero-order valence-electron chi connectivity index (χ0n) is 13.7. The zero-order chi connectivity index (χ0) is 19.7. The number of benzene rings is 1. The van der Waals surface area contributed by atoms with E-state index in [0.717, 1.165) is 18.3 Å². The molecule has 2 heterocycles. The molecule has 1 saturated heterocycles. The van der Waals surface area contributed by atoms with Crippen molar-refractivity contribution in [2.45, 2.75) is 12.4 Å². The predicted molar refractivity (Wildman–Crippen MR) is 83.6 cm³/mol. The smallest absolute Gasteiger partial charge is 0.424 e. The molecule has 1 N–H and O–H groups in total. The molecule has 11 heteroatoms. The number of nitrogens with zero attached hydrogens (tertiary/aromatic N) is 3. The second-order valence-corrected chi connectivity index (χ2v) is 5.74. The number of nitrogens with one attached hydrogen (secondary N) is 1. The number of halogens is 6. The standard InChI is InChI=1S/C16H14F6N4O/c17-15(18,19)11-9-10(26-7-5-23-6-8-26)1-2-12(11)27-14-24-4-3-13(25-14)16(20,21)22/h1-4,9,23H,5-8H2. The van der Waals surface area contributed by atoms with Crippen LogP contribution in [0, 0.1) is 0 Å². The molecule has 0 bridgehead atoms. The van der Waals surface area contributed by atoms with Gasteiger partial charge in [0.1, 0.15) is 11.3 Å². The van der Waals surface area contributed by atoms with Gasteiger partial charge in [-0.1, -0.05) is 0 Å². The van der Waals surface area contributed by atoms with Crippen LogP contribution in [0.15, 0.2) is 30.5 Å². The molecule has 1 aromatic carbocycles. The van der Waals surface area contributed by atoms with Crippen LogP contribution in [-0.2, 0) is 12.4 Å². The van der Waals surface area contributed by atoms with E-state index in [4.69, 9.17) is 4.74 Å². The Morgan fingerprint density at radius 3 is 2.30 bits per heavy atom. The fourth-order valence-corrected chi connectivity index (χ4v) is 2.59. The minimum atomic E-state index is -4.76. The van der Waals surface area contributed by atoms with E-state index >= 15 is 0 Å². The highest BCUT2D eigenvalue weighted by Gasteiger charge is 2.36. The number of aromatic nitrogens is 2. The van der Waals surface area contributed by atoms with Crippen LogP contribution in [0.5, 0.6) is 11.8 Å². The molecular weight excluding hydrogens is 378 g/mol. The number of alkyl halides is 6. The van der Waals surface area contributed by atoms with Gasteiger partial charge in [0.15, 0.2) is 5.69 Å². The number of hydrogen-bond acceptors (Lipinski definition) is 5. The van der Waals surface area contributed by atoms with E-state index < -0.39 is 35.4 Å². The quantitative estimate of drug-likeness (QED) is 0.807. The topological polar surface area (TPSA) is 50.3 Å². The van der Waals surface area contributed by atoms with Crippen LogP contribution in [0.2, 0.25) is 0 Å². The lowest BCUT2D eigenvalue weighted by atomic mass is 10.1. The molecular formula is C16H14F6N4O. The molecule has 146 valence electrons. The largest absolute Gasteiger partial charge is 0.433 e. The lowest BCUT2D eigenvalue weighted by Gasteiger charge is -2.30. The third-order valence-electron chi connectivity index (χ3n) is 3.88. The Labute approximate surface area is 150 Å². The summed E-state index contributed by atoms with van der Waals surface area (Å²) in [7, 11) is 0. The average Bonchev–Trinajstić information content (AvgIpc) is 2.61. The normalized spacial score (nSPS) is 15.7. The van der Waals surface area contributed by atoms with Gasteiger partial charge in [-0.25, -0.2) is 4.98 Å². The summed E-state index contributed by atoms with van der Waals surface area (Å²) in [6, 6.07) is 3.18. The molecule has 0 amide bonds. The summed E-state index contributed by atoms with van der Waals surface area (Å²) in [6.07, 6.45) is -8.76. The van der Waals surface area contributed by atoms with Crippen LogP contribution in [-0.4, -0.2) is 36.1 Å². The van der Waals surface area contributed by atoms with E-state index in [-0.39, 0.29) is 0 Å². The summed E-state index contributed by atoms with van der Waals surface area (Å²) < 4.78 is 83.3. The van der Waals surface area contributed by atoms with Crippen molar-refractivity contribution in [3.05, 3.63) is 41.7 Å². The van der Waals surface area contributed by atoms with E-state index in [9.17, 15) is 26.3 Å². The molecule has 0 unspecified atom stereocenters. The molecule has 1 aliphatic heterocycles. The van der Waals surface area contributed by atoms with Crippen molar-refractivity contribution >= 4 is 5.69 Å². The highest BCUT2D eigenvalue weighted by molar-refractivity contribution is 5.55. The number of hydrogen-bond donors (Lipinski definition) is 1. The van der Waals surface area contributed by atoms with Crippen LogP contribution < -0.4 is 15.0 Å². The van der Waals surface area contributed by atoms with Gasteiger partial charge in [0, 0.05) is 38.1 Å². The molecule has 0 atom stereocenters. The molecule has 2 aromatic rings. The van der Waals surface area contributed by atoms with E-state index in [1.54, 1.807) is 4.90 Å². The number of rotatable bonds is 3. The number of ether oxygens (including phenoxy) is 1. The summed E-state index contributed by atoms with van der Waals surface area (Å²) in [5.41, 5.74) is -2.07. The van der Waals surface area contributed by atoms with Crippen molar-refractivity contribution in [2.24, 2.45) is 0 Å². The monoisotopic (exact) mass is 392 g/mol. The minimum absolute atomic E-state index is 0.348. The van der Waals surface area contributed by atoms with Crippen molar-refractivity contribution in [3.8, 4) is 11.8 Å². The fourth-order valence-electron chi connectivity index (χ4n) is 2.59. The summed E-state index contributed by atoms with van der Waals surface area (Å²) in [5.74, 6) is -0.666. The Bertz CT molecular complexity index is 802. The maximum absolute atomic E-state index is 13.4. The Balaban J connectivity index is 1.93. The average molecular weight is 392 g/mol. The van der Waals surface area contributed by atoms with Crippen LogP contribution in [0.4, 0.5) is 32.0 Å². The molecule has 5 nitrogen and oxygen atoms in total. The third kappa shape index (κ3) is 4.59. The number of anilines is 1. The molecule has 3 rings (SSSR count). The van der Waals surface area contributed by atoms with E-state index in [1.165, 1.54) is 6.07 Å². The fraction of sp³-hybridized carbons (Fsp3) is 0.375. The molecule has 0 aliphatic carbocycles. The first-order chi connectivity index (χ1) is 12.6. The predicted octanol–water partition coefficient (Wildman–Crippen LogP) is 3.72. The van der Waals surface area contributed by atoms with Crippen molar-refractivity contribution in [1.82, 2.24) is 15.3 Å².